The lowest BCUT2D eigenvalue weighted by molar-refractivity contribution is -0.120. The van der Waals surface area contributed by atoms with Crippen LogP contribution in [0.1, 0.15) is 15.9 Å². The zero-order valence-corrected chi connectivity index (χ0v) is 13.7. The second-order valence-electron chi connectivity index (χ2n) is 4.62. The van der Waals surface area contributed by atoms with Gasteiger partial charge in [-0.1, -0.05) is 29.3 Å². The predicted octanol–water partition coefficient (Wildman–Crippen LogP) is 3.01. The smallest absolute Gasteiger partial charge is 0.259 e. The van der Waals surface area contributed by atoms with E-state index >= 15 is 0 Å². The molecule has 0 unspecified atom stereocenters. The molecule has 2 rings (SSSR count). The quantitative estimate of drug-likeness (QED) is 0.629. The van der Waals surface area contributed by atoms with Gasteiger partial charge in [0.1, 0.15) is 5.82 Å². The van der Waals surface area contributed by atoms with Gasteiger partial charge in [-0.05, 0) is 36.4 Å². The number of nitrogens with one attached hydrogen (secondary N) is 2. The van der Waals surface area contributed by atoms with Gasteiger partial charge in [0.05, 0.1) is 22.8 Å². The Morgan fingerprint density at radius 3 is 2.33 bits per heavy atom. The SMILES string of the molecule is O=C(CNC(=O)c1ccc(F)cc1)N/N=C\c1c(Cl)cccc1Cl. The first-order valence-corrected chi connectivity index (χ1v) is 7.52. The Kier molecular flexibility index (Phi) is 6.28. The highest BCUT2D eigenvalue weighted by molar-refractivity contribution is 6.38. The summed E-state index contributed by atoms with van der Waals surface area (Å²) < 4.78 is 12.8. The topological polar surface area (TPSA) is 70.6 Å². The van der Waals surface area contributed by atoms with Crippen molar-refractivity contribution in [2.75, 3.05) is 6.54 Å². The molecule has 124 valence electrons. The minimum Gasteiger partial charge on any atom is -0.343 e. The second-order valence-corrected chi connectivity index (χ2v) is 5.43. The Morgan fingerprint density at radius 2 is 1.71 bits per heavy atom. The third-order valence-corrected chi connectivity index (χ3v) is 3.56. The molecule has 5 nitrogen and oxygen atoms in total. The van der Waals surface area contributed by atoms with E-state index < -0.39 is 17.6 Å². The van der Waals surface area contributed by atoms with Crippen molar-refractivity contribution >= 4 is 41.2 Å². The summed E-state index contributed by atoms with van der Waals surface area (Å²) in [6.45, 7) is -0.288. The lowest BCUT2D eigenvalue weighted by atomic mass is 10.2. The normalized spacial score (nSPS) is 10.6. The third kappa shape index (κ3) is 5.04. The molecular weight excluding hydrogens is 356 g/mol. The number of hydrogen-bond donors (Lipinski definition) is 2. The monoisotopic (exact) mass is 367 g/mol. The number of amides is 2. The summed E-state index contributed by atoms with van der Waals surface area (Å²) in [4.78, 5) is 23.4. The summed E-state index contributed by atoms with van der Waals surface area (Å²) in [5, 5.41) is 6.91. The van der Waals surface area contributed by atoms with Crippen LogP contribution >= 0.6 is 23.2 Å². The van der Waals surface area contributed by atoms with E-state index in [2.05, 4.69) is 15.8 Å². The van der Waals surface area contributed by atoms with Crippen molar-refractivity contribution in [3.63, 3.8) is 0 Å². The van der Waals surface area contributed by atoms with Gasteiger partial charge in [0.2, 0.25) is 0 Å². The summed E-state index contributed by atoms with van der Waals surface area (Å²) in [6.07, 6.45) is 1.31. The molecular formula is C16H12Cl2FN3O2. The van der Waals surface area contributed by atoms with E-state index in [4.69, 9.17) is 23.2 Å². The molecule has 2 amide bonds. The second kappa shape index (κ2) is 8.42. The molecule has 2 aromatic rings. The molecule has 8 heteroatoms. The number of halogens is 3. The van der Waals surface area contributed by atoms with Crippen LogP contribution in [0.2, 0.25) is 10.0 Å². The lowest BCUT2D eigenvalue weighted by Crippen LogP contribution is -2.34. The van der Waals surface area contributed by atoms with Crippen molar-refractivity contribution in [2.45, 2.75) is 0 Å². The maximum absolute atomic E-state index is 12.8. The molecule has 0 atom stereocenters. The Balaban J connectivity index is 1.84. The summed E-state index contributed by atoms with van der Waals surface area (Å²) in [5.74, 6) is -1.48. The molecule has 24 heavy (non-hydrogen) atoms. The van der Waals surface area contributed by atoms with Crippen molar-refractivity contribution in [1.29, 1.82) is 0 Å². The molecule has 0 saturated heterocycles. The number of nitrogens with zero attached hydrogens (tertiary/aromatic N) is 1. The van der Waals surface area contributed by atoms with E-state index in [1.54, 1.807) is 18.2 Å². The number of benzene rings is 2. The average Bonchev–Trinajstić information content (AvgIpc) is 2.56. The van der Waals surface area contributed by atoms with Crippen LogP contribution in [0.25, 0.3) is 0 Å². The number of carbonyl (C=O) groups excluding carboxylic acids is 2. The molecule has 0 spiro atoms. The summed E-state index contributed by atoms with van der Waals surface area (Å²) in [5.41, 5.74) is 2.95. The molecule has 2 N–H and O–H groups in total. The average molecular weight is 368 g/mol. The highest BCUT2D eigenvalue weighted by Gasteiger charge is 2.08. The van der Waals surface area contributed by atoms with Crippen LogP contribution < -0.4 is 10.7 Å². The summed E-state index contributed by atoms with van der Waals surface area (Å²) in [6, 6.07) is 9.92. The van der Waals surface area contributed by atoms with E-state index in [1.807, 2.05) is 0 Å². The molecule has 0 aliphatic rings. The molecule has 0 aromatic heterocycles. The van der Waals surface area contributed by atoms with Crippen LogP contribution in [0.5, 0.6) is 0 Å². The maximum Gasteiger partial charge on any atom is 0.259 e. The lowest BCUT2D eigenvalue weighted by Gasteiger charge is -2.04. The van der Waals surface area contributed by atoms with Crippen molar-refractivity contribution in [3.8, 4) is 0 Å². The number of carbonyl (C=O) groups is 2. The van der Waals surface area contributed by atoms with E-state index in [1.165, 1.54) is 18.3 Å². The minimum atomic E-state index is -0.537. The van der Waals surface area contributed by atoms with Crippen LogP contribution in [0.4, 0.5) is 4.39 Å². The number of hydrazone groups is 1. The number of hydrogen-bond acceptors (Lipinski definition) is 3. The van der Waals surface area contributed by atoms with Gasteiger partial charge in [0.25, 0.3) is 11.8 Å². The molecule has 0 heterocycles. The highest BCUT2D eigenvalue weighted by atomic mass is 35.5. The van der Waals surface area contributed by atoms with Crippen molar-refractivity contribution in [1.82, 2.24) is 10.7 Å². The Bertz CT molecular complexity index is 759. The molecule has 0 aliphatic carbocycles. The number of rotatable bonds is 5. The standard InChI is InChI=1S/C16H12Cl2FN3O2/c17-13-2-1-3-14(18)12(13)8-21-22-15(23)9-20-16(24)10-4-6-11(19)7-5-10/h1-8H,9H2,(H,20,24)(H,22,23)/b21-8-. The molecule has 0 aliphatic heterocycles. The molecule has 0 bridgehead atoms. The van der Waals surface area contributed by atoms with Crippen LogP contribution in [-0.4, -0.2) is 24.6 Å². The van der Waals surface area contributed by atoms with E-state index in [-0.39, 0.29) is 12.1 Å². The zero-order valence-electron chi connectivity index (χ0n) is 12.2. The van der Waals surface area contributed by atoms with Gasteiger partial charge in [0, 0.05) is 11.1 Å². The van der Waals surface area contributed by atoms with Crippen LogP contribution in [0.3, 0.4) is 0 Å². The highest BCUT2D eigenvalue weighted by Crippen LogP contribution is 2.21. The van der Waals surface area contributed by atoms with Crippen LogP contribution in [-0.2, 0) is 4.79 Å². The van der Waals surface area contributed by atoms with Gasteiger partial charge in [0.15, 0.2) is 0 Å². The van der Waals surface area contributed by atoms with Gasteiger partial charge >= 0.3 is 0 Å². The van der Waals surface area contributed by atoms with Crippen LogP contribution in [0.15, 0.2) is 47.6 Å². The minimum absolute atomic E-state index is 0.246. The van der Waals surface area contributed by atoms with Gasteiger partial charge in [-0.2, -0.15) is 5.10 Å². The third-order valence-electron chi connectivity index (χ3n) is 2.90. The fourth-order valence-corrected chi connectivity index (χ4v) is 2.20. The first-order chi connectivity index (χ1) is 11.5. The van der Waals surface area contributed by atoms with Gasteiger partial charge in [-0.25, -0.2) is 9.82 Å². The fourth-order valence-electron chi connectivity index (χ4n) is 1.71. The van der Waals surface area contributed by atoms with E-state index in [0.29, 0.717) is 15.6 Å². The van der Waals surface area contributed by atoms with E-state index in [9.17, 15) is 14.0 Å². The molecule has 0 saturated carbocycles. The van der Waals surface area contributed by atoms with Gasteiger partial charge in [-0.3, -0.25) is 9.59 Å². The molecule has 2 aromatic carbocycles. The summed E-state index contributed by atoms with van der Waals surface area (Å²) in [7, 11) is 0. The van der Waals surface area contributed by atoms with Crippen LogP contribution in [0, 0.1) is 5.82 Å². The van der Waals surface area contributed by atoms with E-state index in [0.717, 1.165) is 12.1 Å². The van der Waals surface area contributed by atoms with Crippen molar-refractivity contribution in [3.05, 3.63) is 69.5 Å². The van der Waals surface area contributed by atoms with Crippen molar-refractivity contribution < 1.29 is 14.0 Å². The van der Waals surface area contributed by atoms with Gasteiger partial charge < -0.3 is 5.32 Å². The Hall–Kier alpha value is -2.44. The zero-order chi connectivity index (χ0) is 17.5. The van der Waals surface area contributed by atoms with Gasteiger partial charge in [-0.15, -0.1) is 0 Å². The van der Waals surface area contributed by atoms with Crippen molar-refractivity contribution in [2.24, 2.45) is 5.10 Å². The molecule has 0 radical (unpaired) electrons. The largest absolute Gasteiger partial charge is 0.343 e. The molecule has 0 fully saturated rings. The fraction of sp³-hybridized carbons (Fsp3) is 0.0625. The summed E-state index contributed by atoms with van der Waals surface area (Å²) >= 11 is 11.9. The first kappa shape index (κ1) is 17.9. The predicted molar refractivity (Wildman–Crippen MR) is 90.9 cm³/mol. The Morgan fingerprint density at radius 1 is 1.08 bits per heavy atom. The first-order valence-electron chi connectivity index (χ1n) is 6.77. The maximum atomic E-state index is 12.8. The Labute approximate surface area is 147 Å².